The van der Waals surface area contributed by atoms with Crippen molar-refractivity contribution in [3.8, 4) is 0 Å². The van der Waals surface area contributed by atoms with Crippen molar-refractivity contribution in [2.45, 2.75) is 38.5 Å². The second-order valence-electron chi connectivity index (χ2n) is 3.85. The number of allylic oxidation sites excluding steroid dienone is 1. The maximum absolute atomic E-state index is 3.87. The molecular formula is C14H20. The van der Waals surface area contributed by atoms with E-state index in [1.807, 2.05) is 6.08 Å². The molecule has 0 aliphatic heterocycles. The van der Waals surface area contributed by atoms with Crippen LogP contribution in [0.2, 0.25) is 0 Å². The zero-order chi connectivity index (χ0) is 10.4. The van der Waals surface area contributed by atoms with Crippen LogP contribution in [0.3, 0.4) is 0 Å². The molecule has 0 amide bonds. The van der Waals surface area contributed by atoms with Gasteiger partial charge in [-0.15, -0.1) is 6.58 Å². The van der Waals surface area contributed by atoms with E-state index in [1.54, 1.807) is 0 Å². The molecule has 0 saturated heterocycles. The van der Waals surface area contributed by atoms with Crippen molar-refractivity contribution in [2.75, 3.05) is 0 Å². The van der Waals surface area contributed by atoms with Crippen molar-refractivity contribution in [1.29, 1.82) is 0 Å². The van der Waals surface area contributed by atoms with Gasteiger partial charge < -0.3 is 0 Å². The molecule has 0 nitrogen and oxygen atoms in total. The number of hydrogen-bond acceptors (Lipinski definition) is 0. The Bertz CT molecular complexity index is 267. The first-order chi connectivity index (χ1) is 6.79. The van der Waals surface area contributed by atoms with Gasteiger partial charge in [0.25, 0.3) is 0 Å². The Morgan fingerprint density at radius 1 is 1.14 bits per heavy atom. The molecule has 1 aromatic carbocycles. The van der Waals surface area contributed by atoms with Crippen LogP contribution in [0.25, 0.3) is 0 Å². The summed E-state index contributed by atoms with van der Waals surface area (Å²) in [5.41, 5.74) is 1.76. The van der Waals surface area contributed by atoms with E-state index in [9.17, 15) is 0 Å². The molecule has 0 unspecified atom stereocenters. The standard InChI is InChI=1S/C14H20/c1-4-12-14(5-2,6-3)13-10-8-7-9-11-13/h4,7-11H,1,5-6,12H2,2-3H3. The van der Waals surface area contributed by atoms with Gasteiger partial charge in [-0.25, -0.2) is 0 Å². The molecule has 0 radical (unpaired) electrons. The quantitative estimate of drug-likeness (QED) is 0.604. The van der Waals surface area contributed by atoms with Gasteiger partial charge in [0, 0.05) is 0 Å². The number of hydrogen-bond donors (Lipinski definition) is 0. The fourth-order valence-corrected chi connectivity index (χ4v) is 2.13. The Kier molecular flexibility index (Phi) is 3.94. The number of rotatable bonds is 5. The van der Waals surface area contributed by atoms with Crippen LogP contribution in [0, 0.1) is 0 Å². The second kappa shape index (κ2) is 4.99. The maximum Gasteiger partial charge on any atom is -0.00179 e. The van der Waals surface area contributed by atoms with Gasteiger partial charge in [0.15, 0.2) is 0 Å². The average molecular weight is 188 g/mol. The van der Waals surface area contributed by atoms with Gasteiger partial charge in [-0.3, -0.25) is 0 Å². The van der Waals surface area contributed by atoms with E-state index < -0.39 is 0 Å². The fraction of sp³-hybridized carbons (Fsp3) is 0.429. The van der Waals surface area contributed by atoms with Crippen LogP contribution in [0.1, 0.15) is 38.7 Å². The predicted molar refractivity (Wildman–Crippen MR) is 63.5 cm³/mol. The lowest BCUT2D eigenvalue weighted by molar-refractivity contribution is 0.400. The molecule has 0 heteroatoms. The van der Waals surface area contributed by atoms with Gasteiger partial charge in [0.2, 0.25) is 0 Å². The second-order valence-corrected chi connectivity index (χ2v) is 3.85. The predicted octanol–water partition coefficient (Wildman–Crippen LogP) is 4.32. The summed E-state index contributed by atoms with van der Waals surface area (Å²) in [5.74, 6) is 0. The molecule has 1 aromatic rings. The molecule has 0 atom stereocenters. The van der Waals surface area contributed by atoms with Gasteiger partial charge in [-0.05, 0) is 30.2 Å². The maximum atomic E-state index is 3.87. The van der Waals surface area contributed by atoms with E-state index in [1.165, 1.54) is 18.4 Å². The van der Waals surface area contributed by atoms with Crippen LogP contribution in [0.4, 0.5) is 0 Å². The molecule has 0 N–H and O–H groups in total. The topological polar surface area (TPSA) is 0 Å². The van der Waals surface area contributed by atoms with Crippen LogP contribution in [0.15, 0.2) is 43.0 Å². The zero-order valence-corrected chi connectivity index (χ0v) is 9.29. The molecular weight excluding hydrogens is 168 g/mol. The minimum atomic E-state index is 0.309. The van der Waals surface area contributed by atoms with Crippen molar-refractivity contribution < 1.29 is 0 Å². The van der Waals surface area contributed by atoms with E-state index in [0.29, 0.717) is 5.41 Å². The summed E-state index contributed by atoms with van der Waals surface area (Å²) in [6.07, 6.45) is 5.48. The van der Waals surface area contributed by atoms with Crippen LogP contribution in [-0.2, 0) is 5.41 Å². The van der Waals surface area contributed by atoms with E-state index in [2.05, 4.69) is 50.8 Å². The van der Waals surface area contributed by atoms with Gasteiger partial charge in [0.1, 0.15) is 0 Å². The highest BCUT2D eigenvalue weighted by Gasteiger charge is 2.26. The molecule has 0 aliphatic rings. The Morgan fingerprint density at radius 3 is 2.14 bits per heavy atom. The molecule has 0 aromatic heterocycles. The van der Waals surface area contributed by atoms with Crippen molar-refractivity contribution in [1.82, 2.24) is 0 Å². The minimum absolute atomic E-state index is 0.309. The third kappa shape index (κ3) is 2.06. The Labute approximate surface area is 87.7 Å². The summed E-state index contributed by atoms with van der Waals surface area (Å²) >= 11 is 0. The van der Waals surface area contributed by atoms with Crippen molar-refractivity contribution in [3.63, 3.8) is 0 Å². The van der Waals surface area contributed by atoms with Crippen molar-refractivity contribution >= 4 is 0 Å². The molecule has 0 fully saturated rings. The van der Waals surface area contributed by atoms with Crippen LogP contribution in [0.5, 0.6) is 0 Å². The third-order valence-corrected chi connectivity index (χ3v) is 3.27. The summed E-state index contributed by atoms with van der Waals surface area (Å²) in [7, 11) is 0. The molecule has 0 spiro atoms. The van der Waals surface area contributed by atoms with Crippen molar-refractivity contribution in [2.24, 2.45) is 0 Å². The summed E-state index contributed by atoms with van der Waals surface area (Å²) in [4.78, 5) is 0. The van der Waals surface area contributed by atoms with Gasteiger partial charge in [-0.2, -0.15) is 0 Å². The Morgan fingerprint density at radius 2 is 1.71 bits per heavy atom. The normalized spacial score (nSPS) is 11.3. The monoisotopic (exact) mass is 188 g/mol. The van der Waals surface area contributed by atoms with E-state index in [4.69, 9.17) is 0 Å². The largest absolute Gasteiger partial charge is 0.103 e. The molecule has 14 heavy (non-hydrogen) atoms. The molecule has 1 rings (SSSR count). The van der Waals surface area contributed by atoms with E-state index in [0.717, 1.165) is 6.42 Å². The zero-order valence-electron chi connectivity index (χ0n) is 9.29. The molecule has 0 bridgehead atoms. The lowest BCUT2D eigenvalue weighted by Crippen LogP contribution is -2.23. The summed E-state index contributed by atoms with van der Waals surface area (Å²) in [5, 5.41) is 0. The summed E-state index contributed by atoms with van der Waals surface area (Å²) in [6, 6.07) is 10.8. The van der Waals surface area contributed by atoms with Crippen LogP contribution in [-0.4, -0.2) is 0 Å². The minimum Gasteiger partial charge on any atom is -0.103 e. The van der Waals surface area contributed by atoms with Gasteiger partial charge >= 0.3 is 0 Å². The highest BCUT2D eigenvalue weighted by molar-refractivity contribution is 5.25. The van der Waals surface area contributed by atoms with Crippen molar-refractivity contribution in [3.05, 3.63) is 48.6 Å². The molecule has 0 heterocycles. The third-order valence-electron chi connectivity index (χ3n) is 3.27. The Hall–Kier alpha value is -1.04. The lowest BCUT2D eigenvalue weighted by Gasteiger charge is -2.31. The molecule has 0 aliphatic carbocycles. The first kappa shape index (κ1) is 11.0. The Balaban J connectivity index is 3.03. The van der Waals surface area contributed by atoms with Gasteiger partial charge in [0.05, 0.1) is 0 Å². The highest BCUT2D eigenvalue weighted by atomic mass is 14.3. The van der Waals surface area contributed by atoms with Crippen LogP contribution >= 0.6 is 0 Å². The molecule has 0 saturated carbocycles. The number of benzene rings is 1. The highest BCUT2D eigenvalue weighted by Crippen LogP contribution is 2.35. The lowest BCUT2D eigenvalue weighted by atomic mass is 9.73. The first-order valence-electron chi connectivity index (χ1n) is 5.45. The van der Waals surface area contributed by atoms with Gasteiger partial charge in [-0.1, -0.05) is 50.3 Å². The molecule has 76 valence electrons. The summed E-state index contributed by atoms with van der Waals surface area (Å²) in [6.45, 7) is 8.39. The first-order valence-corrected chi connectivity index (χ1v) is 5.45. The smallest absolute Gasteiger partial charge is 0.00179 e. The van der Waals surface area contributed by atoms with E-state index >= 15 is 0 Å². The average Bonchev–Trinajstić information content (AvgIpc) is 2.27. The fourth-order valence-electron chi connectivity index (χ4n) is 2.13. The summed E-state index contributed by atoms with van der Waals surface area (Å²) < 4.78 is 0. The SMILES string of the molecule is C=CCC(CC)(CC)c1ccccc1. The van der Waals surface area contributed by atoms with E-state index in [-0.39, 0.29) is 0 Å². The van der Waals surface area contributed by atoms with Crippen LogP contribution < -0.4 is 0 Å².